The summed E-state index contributed by atoms with van der Waals surface area (Å²) in [6.07, 6.45) is 2.84. The Morgan fingerprint density at radius 3 is 2.21 bits per heavy atom. The lowest BCUT2D eigenvalue weighted by atomic mass is 10.4. The zero-order chi connectivity index (χ0) is 9.80. The SMILES string of the molecule is S=C1NC[NH+](CC[NH+]2CCCC2)CN1. The van der Waals surface area contributed by atoms with Crippen molar-refractivity contribution >= 4 is 17.3 Å². The molecule has 0 aromatic carbocycles. The van der Waals surface area contributed by atoms with Crippen molar-refractivity contribution in [3.63, 3.8) is 0 Å². The molecule has 14 heavy (non-hydrogen) atoms. The van der Waals surface area contributed by atoms with Gasteiger partial charge < -0.3 is 15.5 Å². The van der Waals surface area contributed by atoms with Crippen molar-refractivity contribution < 1.29 is 9.80 Å². The Labute approximate surface area is 90.6 Å². The molecule has 5 heteroatoms. The lowest BCUT2D eigenvalue weighted by Gasteiger charge is -2.27. The van der Waals surface area contributed by atoms with E-state index in [4.69, 9.17) is 12.2 Å². The predicted octanol–water partition coefficient (Wildman–Crippen LogP) is -3.06. The molecule has 2 aliphatic rings. The van der Waals surface area contributed by atoms with Crippen LogP contribution >= 0.6 is 12.2 Å². The molecule has 0 spiro atoms. The van der Waals surface area contributed by atoms with Gasteiger partial charge in [0, 0.05) is 12.8 Å². The first-order valence-electron chi connectivity index (χ1n) is 5.53. The maximum atomic E-state index is 5.01. The Hall–Kier alpha value is -0.390. The summed E-state index contributed by atoms with van der Waals surface area (Å²) in [7, 11) is 0. The highest BCUT2D eigenvalue weighted by atomic mass is 32.1. The molecule has 2 aliphatic heterocycles. The van der Waals surface area contributed by atoms with Gasteiger partial charge >= 0.3 is 0 Å². The van der Waals surface area contributed by atoms with Crippen LogP contribution in [0.15, 0.2) is 0 Å². The van der Waals surface area contributed by atoms with E-state index in [1.165, 1.54) is 39.0 Å². The first-order chi connectivity index (χ1) is 6.84. The van der Waals surface area contributed by atoms with E-state index in [2.05, 4.69) is 10.6 Å². The number of quaternary nitrogens is 2. The molecule has 2 heterocycles. The van der Waals surface area contributed by atoms with Crippen molar-refractivity contribution in [1.82, 2.24) is 10.6 Å². The van der Waals surface area contributed by atoms with E-state index in [9.17, 15) is 0 Å². The van der Waals surface area contributed by atoms with E-state index in [0.29, 0.717) is 0 Å². The van der Waals surface area contributed by atoms with Crippen LogP contribution in [0.4, 0.5) is 0 Å². The summed E-state index contributed by atoms with van der Waals surface area (Å²) in [5, 5.41) is 7.17. The van der Waals surface area contributed by atoms with Crippen molar-refractivity contribution in [2.75, 3.05) is 39.5 Å². The van der Waals surface area contributed by atoms with Crippen molar-refractivity contribution in [2.45, 2.75) is 12.8 Å². The molecule has 0 amide bonds. The average molecular weight is 216 g/mol. The molecule has 4 nitrogen and oxygen atoms in total. The first kappa shape index (κ1) is 10.1. The minimum absolute atomic E-state index is 0.808. The number of rotatable bonds is 3. The third-order valence-electron chi connectivity index (χ3n) is 3.14. The Morgan fingerprint density at radius 2 is 1.57 bits per heavy atom. The quantitative estimate of drug-likeness (QED) is 0.378. The van der Waals surface area contributed by atoms with Crippen LogP contribution in [0.5, 0.6) is 0 Å². The van der Waals surface area contributed by atoms with Gasteiger partial charge in [0.25, 0.3) is 0 Å². The van der Waals surface area contributed by atoms with Gasteiger partial charge in [0.05, 0.1) is 13.1 Å². The van der Waals surface area contributed by atoms with Crippen molar-refractivity contribution in [3.05, 3.63) is 0 Å². The molecule has 0 saturated carbocycles. The number of thiocarbonyl (C=S) groups is 1. The monoisotopic (exact) mass is 216 g/mol. The van der Waals surface area contributed by atoms with Crippen LogP contribution < -0.4 is 20.4 Å². The molecular formula is C9H20N4S+2. The fourth-order valence-electron chi connectivity index (χ4n) is 2.19. The van der Waals surface area contributed by atoms with Crippen molar-refractivity contribution in [2.24, 2.45) is 0 Å². The number of hydrogen-bond acceptors (Lipinski definition) is 1. The predicted molar refractivity (Wildman–Crippen MR) is 59.2 cm³/mol. The van der Waals surface area contributed by atoms with E-state index in [1.807, 2.05) is 0 Å². The summed E-state index contributed by atoms with van der Waals surface area (Å²) >= 11 is 5.01. The molecule has 0 aliphatic carbocycles. The molecule has 0 radical (unpaired) electrons. The van der Waals surface area contributed by atoms with Crippen molar-refractivity contribution in [1.29, 1.82) is 0 Å². The minimum atomic E-state index is 0.808. The van der Waals surface area contributed by atoms with Crippen LogP contribution in [-0.4, -0.2) is 44.6 Å². The van der Waals surface area contributed by atoms with Crippen LogP contribution in [0.2, 0.25) is 0 Å². The van der Waals surface area contributed by atoms with Crippen LogP contribution in [0.3, 0.4) is 0 Å². The zero-order valence-corrected chi connectivity index (χ0v) is 9.38. The van der Waals surface area contributed by atoms with Gasteiger partial charge in [0.2, 0.25) is 0 Å². The molecule has 0 unspecified atom stereocenters. The second-order valence-corrected chi connectivity index (χ2v) is 4.65. The molecule has 0 aromatic rings. The summed E-state index contributed by atoms with van der Waals surface area (Å²) in [4.78, 5) is 3.35. The molecule has 0 atom stereocenters. The van der Waals surface area contributed by atoms with Gasteiger partial charge in [-0.3, -0.25) is 4.90 Å². The smallest absolute Gasteiger partial charge is 0.174 e. The molecule has 0 bridgehead atoms. The fourth-order valence-corrected chi connectivity index (χ4v) is 2.34. The van der Waals surface area contributed by atoms with Crippen LogP contribution in [-0.2, 0) is 0 Å². The molecule has 80 valence electrons. The lowest BCUT2D eigenvalue weighted by Crippen LogP contribution is -3.22. The van der Waals surface area contributed by atoms with Crippen LogP contribution in [0.25, 0.3) is 0 Å². The minimum Gasteiger partial charge on any atom is -0.330 e. The zero-order valence-electron chi connectivity index (χ0n) is 8.57. The topological polar surface area (TPSA) is 32.9 Å². The van der Waals surface area contributed by atoms with Gasteiger partial charge in [-0.15, -0.1) is 0 Å². The van der Waals surface area contributed by atoms with Gasteiger partial charge in [0.15, 0.2) is 18.4 Å². The average Bonchev–Trinajstić information content (AvgIpc) is 2.70. The third kappa shape index (κ3) is 2.80. The molecule has 0 aromatic heterocycles. The second-order valence-electron chi connectivity index (χ2n) is 4.24. The summed E-state index contributed by atoms with van der Waals surface area (Å²) in [5.74, 6) is 0. The highest BCUT2D eigenvalue weighted by Crippen LogP contribution is 1.86. The van der Waals surface area contributed by atoms with Gasteiger partial charge in [-0.05, 0) is 12.2 Å². The van der Waals surface area contributed by atoms with Crippen molar-refractivity contribution in [3.8, 4) is 0 Å². The standard InChI is InChI=1S/C9H18N4S/c14-9-10-7-13(8-11-9)6-5-12-3-1-2-4-12/h1-8H2,(H2,10,11,14)/p+2. The number of nitrogens with one attached hydrogen (secondary N) is 4. The summed E-state index contributed by atoms with van der Waals surface area (Å²) in [5.41, 5.74) is 0. The molecule has 2 rings (SSSR count). The first-order valence-corrected chi connectivity index (χ1v) is 5.94. The Morgan fingerprint density at radius 1 is 1.00 bits per heavy atom. The maximum Gasteiger partial charge on any atom is 0.174 e. The summed E-state index contributed by atoms with van der Waals surface area (Å²) in [6.45, 7) is 7.29. The van der Waals surface area contributed by atoms with Gasteiger partial charge in [0.1, 0.15) is 13.1 Å². The largest absolute Gasteiger partial charge is 0.330 e. The highest BCUT2D eigenvalue weighted by Gasteiger charge is 2.20. The Balaban J connectivity index is 1.63. The maximum absolute atomic E-state index is 5.01. The summed E-state index contributed by atoms with van der Waals surface area (Å²) in [6, 6.07) is 0. The van der Waals surface area contributed by atoms with Gasteiger partial charge in [-0.1, -0.05) is 0 Å². The van der Waals surface area contributed by atoms with E-state index in [0.717, 1.165) is 18.4 Å². The van der Waals surface area contributed by atoms with Crippen LogP contribution in [0.1, 0.15) is 12.8 Å². The Bertz CT molecular complexity index is 193. The molecular weight excluding hydrogens is 196 g/mol. The fraction of sp³-hybridized carbons (Fsp3) is 0.889. The van der Waals surface area contributed by atoms with Gasteiger partial charge in [-0.25, -0.2) is 0 Å². The molecule has 2 fully saturated rings. The van der Waals surface area contributed by atoms with Crippen LogP contribution in [0, 0.1) is 0 Å². The molecule has 2 saturated heterocycles. The van der Waals surface area contributed by atoms with E-state index >= 15 is 0 Å². The number of hydrogen-bond donors (Lipinski definition) is 4. The third-order valence-corrected chi connectivity index (χ3v) is 3.43. The van der Waals surface area contributed by atoms with E-state index in [-0.39, 0.29) is 0 Å². The van der Waals surface area contributed by atoms with E-state index < -0.39 is 0 Å². The number of likely N-dealkylation sites (tertiary alicyclic amines) is 1. The lowest BCUT2D eigenvalue weighted by molar-refractivity contribution is -0.955. The summed E-state index contributed by atoms with van der Waals surface area (Å²) < 4.78 is 0. The Kier molecular flexibility index (Phi) is 3.55. The second kappa shape index (κ2) is 4.91. The van der Waals surface area contributed by atoms with Gasteiger partial charge in [-0.2, -0.15) is 0 Å². The molecule has 4 N–H and O–H groups in total. The van der Waals surface area contributed by atoms with E-state index in [1.54, 1.807) is 9.80 Å². The normalized spacial score (nSPS) is 24.7. The highest BCUT2D eigenvalue weighted by molar-refractivity contribution is 7.80.